The second-order valence-electron chi connectivity index (χ2n) is 5.78. The lowest BCUT2D eigenvalue weighted by Gasteiger charge is -2.32. The first kappa shape index (κ1) is 17.7. The van der Waals surface area contributed by atoms with Gasteiger partial charge >= 0.3 is 0 Å². The van der Waals surface area contributed by atoms with Crippen LogP contribution >= 0.6 is 0 Å². The van der Waals surface area contributed by atoms with Gasteiger partial charge in [-0.3, -0.25) is 4.79 Å². The number of ether oxygens (including phenoxy) is 1. The molecule has 2 rings (SSSR count). The van der Waals surface area contributed by atoms with Crippen LogP contribution in [0.5, 0.6) is 5.75 Å². The number of piperidine rings is 1. The number of nitrogens with one attached hydrogen (secondary N) is 1. The van der Waals surface area contributed by atoms with E-state index in [1.807, 2.05) is 31.2 Å². The van der Waals surface area contributed by atoms with Gasteiger partial charge in [0.15, 0.2) is 6.61 Å². The summed E-state index contributed by atoms with van der Waals surface area (Å²) in [6, 6.07) is 7.47. The van der Waals surface area contributed by atoms with Gasteiger partial charge in [0.05, 0.1) is 5.75 Å². The highest BCUT2D eigenvalue weighted by molar-refractivity contribution is 7.89. The van der Waals surface area contributed by atoms with Gasteiger partial charge in [0.25, 0.3) is 5.91 Å². The Labute approximate surface area is 137 Å². The molecule has 6 nitrogen and oxygen atoms in total. The standard InChI is InChI=1S/C16H24N2O4S/c1-3-23(20,21)17-14-8-10-18(11-9-14)16(19)12-22-15-6-4-13(2)5-7-15/h4-7,14,17H,3,8-12H2,1-2H3. The molecule has 1 aliphatic heterocycles. The van der Waals surface area contributed by atoms with E-state index in [-0.39, 0.29) is 24.3 Å². The number of rotatable bonds is 6. The Morgan fingerprint density at radius 2 is 1.87 bits per heavy atom. The zero-order valence-corrected chi connectivity index (χ0v) is 14.4. The van der Waals surface area contributed by atoms with Crippen LogP contribution in [-0.4, -0.2) is 50.7 Å². The van der Waals surface area contributed by atoms with Crippen LogP contribution in [0.4, 0.5) is 0 Å². The minimum Gasteiger partial charge on any atom is -0.484 e. The fourth-order valence-electron chi connectivity index (χ4n) is 2.45. The summed E-state index contributed by atoms with van der Waals surface area (Å²) < 4.78 is 31.3. The normalized spacial score (nSPS) is 16.3. The van der Waals surface area contributed by atoms with Crippen molar-refractivity contribution < 1.29 is 17.9 Å². The van der Waals surface area contributed by atoms with Gasteiger partial charge < -0.3 is 9.64 Å². The number of aryl methyl sites for hydroxylation is 1. The third-order valence-electron chi connectivity index (χ3n) is 3.96. The molecule has 1 amide bonds. The van der Waals surface area contributed by atoms with Crippen LogP contribution in [0.1, 0.15) is 25.3 Å². The smallest absolute Gasteiger partial charge is 0.260 e. The lowest BCUT2D eigenvalue weighted by atomic mass is 10.1. The van der Waals surface area contributed by atoms with E-state index in [0.717, 1.165) is 5.56 Å². The van der Waals surface area contributed by atoms with E-state index in [1.54, 1.807) is 11.8 Å². The minimum atomic E-state index is -3.18. The number of sulfonamides is 1. The zero-order chi connectivity index (χ0) is 16.9. The molecule has 1 aliphatic rings. The van der Waals surface area contributed by atoms with Crippen molar-refractivity contribution in [2.75, 3.05) is 25.4 Å². The third-order valence-corrected chi connectivity index (χ3v) is 5.41. The van der Waals surface area contributed by atoms with Crippen LogP contribution < -0.4 is 9.46 Å². The molecular formula is C16H24N2O4S. The number of benzene rings is 1. The first-order valence-corrected chi connectivity index (χ1v) is 9.52. The molecule has 0 aliphatic carbocycles. The van der Waals surface area contributed by atoms with Crippen molar-refractivity contribution in [2.45, 2.75) is 32.7 Å². The van der Waals surface area contributed by atoms with Crippen molar-refractivity contribution in [1.29, 1.82) is 0 Å². The van der Waals surface area contributed by atoms with Gasteiger partial charge in [-0.15, -0.1) is 0 Å². The van der Waals surface area contributed by atoms with E-state index >= 15 is 0 Å². The summed E-state index contributed by atoms with van der Waals surface area (Å²) in [4.78, 5) is 13.9. The Kier molecular flexibility index (Phi) is 6.01. The van der Waals surface area contributed by atoms with Gasteiger partial charge in [-0.25, -0.2) is 13.1 Å². The highest BCUT2D eigenvalue weighted by Crippen LogP contribution is 2.14. The molecule has 0 bridgehead atoms. The molecule has 1 aromatic rings. The maximum atomic E-state index is 12.1. The highest BCUT2D eigenvalue weighted by atomic mass is 32.2. The monoisotopic (exact) mass is 340 g/mol. The van der Waals surface area contributed by atoms with Crippen LogP contribution in [0.15, 0.2) is 24.3 Å². The maximum absolute atomic E-state index is 12.1. The molecule has 0 atom stereocenters. The van der Waals surface area contributed by atoms with Gasteiger partial charge in [0, 0.05) is 19.1 Å². The van der Waals surface area contributed by atoms with E-state index in [2.05, 4.69) is 4.72 Å². The van der Waals surface area contributed by atoms with Gasteiger partial charge in [0.1, 0.15) is 5.75 Å². The van der Waals surface area contributed by atoms with Gasteiger partial charge in [0.2, 0.25) is 10.0 Å². The summed E-state index contributed by atoms with van der Waals surface area (Å²) in [6.45, 7) is 4.71. The van der Waals surface area contributed by atoms with Crippen molar-refractivity contribution in [3.63, 3.8) is 0 Å². The van der Waals surface area contributed by atoms with E-state index in [4.69, 9.17) is 4.74 Å². The van der Waals surface area contributed by atoms with Gasteiger partial charge in [-0.05, 0) is 38.8 Å². The zero-order valence-electron chi connectivity index (χ0n) is 13.6. The number of nitrogens with zero attached hydrogens (tertiary/aromatic N) is 1. The lowest BCUT2D eigenvalue weighted by Crippen LogP contribution is -2.47. The number of hydrogen-bond acceptors (Lipinski definition) is 4. The molecule has 0 unspecified atom stereocenters. The molecule has 0 saturated carbocycles. The first-order chi connectivity index (χ1) is 10.9. The molecule has 0 radical (unpaired) electrons. The summed E-state index contributed by atoms with van der Waals surface area (Å²) in [7, 11) is -3.18. The number of carbonyl (C=O) groups excluding carboxylic acids is 1. The van der Waals surface area contributed by atoms with Crippen molar-refractivity contribution in [1.82, 2.24) is 9.62 Å². The van der Waals surface area contributed by atoms with Crippen molar-refractivity contribution in [3.05, 3.63) is 29.8 Å². The fraction of sp³-hybridized carbons (Fsp3) is 0.562. The van der Waals surface area contributed by atoms with E-state index < -0.39 is 10.0 Å². The van der Waals surface area contributed by atoms with Crippen molar-refractivity contribution >= 4 is 15.9 Å². The van der Waals surface area contributed by atoms with Crippen molar-refractivity contribution in [3.8, 4) is 5.75 Å². The third kappa shape index (κ3) is 5.51. The summed E-state index contributed by atoms with van der Waals surface area (Å²) in [5.74, 6) is 0.688. The topological polar surface area (TPSA) is 75.7 Å². The molecule has 1 fully saturated rings. The highest BCUT2D eigenvalue weighted by Gasteiger charge is 2.25. The first-order valence-electron chi connectivity index (χ1n) is 7.87. The predicted octanol–water partition coefficient (Wildman–Crippen LogP) is 1.30. The van der Waals surface area contributed by atoms with E-state index in [9.17, 15) is 13.2 Å². The molecule has 0 spiro atoms. The molecule has 0 aromatic heterocycles. The van der Waals surface area contributed by atoms with Crippen molar-refractivity contribution in [2.24, 2.45) is 0 Å². The van der Waals surface area contributed by atoms with Crippen LogP contribution in [0, 0.1) is 6.92 Å². The number of hydrogen-bond donors (Lipinski definition) is 1. The number of amides is 1. The number of likely N-dealkylation sites (tertiary alicyclic amines) is 1. The SMILES string of the molecule is CCS(=O)(=O)NC1CCN(C(=O)COc2ccc(C)cc2)CC1. The Bertz CT molecular complexity index is 620. The molecular weight excluding hydrogens is 316 g/mol. The molecule has 7 heteroatoms. The molecule has 1 N–H and O–H groups in total. The molecule has 23 heavy (non-hydrogen) atoms. The molecule has 1 aromatic carbocycles. The second-order valence-corrected chi connectivity index (χ2v) is 7.82. The maximum Gasteiger partial charge on any atom is 0.260 e. The van der Waals surface area contributed by atoms with Crippen LogP contribution in [0.3, 0.4) is 0 Å². The average Bonchev–Trinajstić information content (AvgIpc) is 2.54. The van der Waals surface area contributed by atoms with Crippen LogP contribution in [0.25, 0.3) is 0 Å². The molecule has 1 heterocycles. The Morgan fingerprint density at radius 1 is 1.26 bits per heavy atom. The largest absolute Gasteiger partial charge is 0.484 e. The predicted molar refractivity (Wildman–Crippen MR) is 88.9 cm³/mol. The fourth-order valence-corrected chi connectivity index (χ4v) is 3.37. The van der Waals surface area contributed by atoms with E-state index in [1.165, 1.54) is 0 Å². The summed E-state index contributed by atoms with van der Waals surface area (Å²) in [5.41, 5.74) is 1.14. The lowest BCUT2D eigenvalue weighted by molar-refractivity contribution is -0.134. The summed E-state index contributed by atoms with van der Waals surface area (Å²) >= 11 is 0. The molecule has 1 saturated heterocycles. The molecule has 128 valence electrons. The Balaban J connectivity index is 1.76. The minimum absolute atomic E-state index is 0.00835. The summed E-state index contributed by atoms with van der Waals surface area (Å²) in [5, 5.41) is 0. The Hall–Kier alpha value is -1.60. The average molecular weight is 340 g/mol. The quantitative estimate of drug-likeness (QED) is 0.847. The number of carbonyl (C=O) groups is 1. The van der Waals surface area contributed by atoms with E-state index in [0.29, 0.717) is 31.7 Å². The Morgan fingerprint density at radius 3 is 2.43 bits per heavy atom. The van der Waals surface area contributed by atoms with Crippen LogP contribution in [0.2, 0.25) is 0 Å². The second kappa shape index (κ2) is 7.79. The van der Waals surface area contributed by atoms with Gasteiger partial charge in [-0.1, -0.05) is 17.7 Å². The van der Waals surface area contributed by atoms with Crippen LogP contribution in [-0.2, 0) is 14.8 Å². The summed E-state index contributed by atoms with van der Waals surface area (Å²) in [6.07, 6.45) is 1.27. The van der Waals surface area contributed by atoms with Gasteiger partial charge in [-0.2, -0.15) is 0 Å².